The first-order valence-corrected chi connectivity index (χ1v) is 11.4. The molecular weight excluding hydrogens is 408 g/mol. The van der Waals surface area contributed by atoms with Gasteiger partial charge in [-0.25, -0.2) is 17.7 Å². The topological polar surface area (TPSA) is 67.3 Å². The Hall–Kier alpha value is -3.51. The Morgan fingerprint density at radius 1 is 0.871 bits per heavy atom. The maximum atomic E-state index is 13.5. The smallest absolute Gasteiger partial charge is 0.268 e. The summed E-state index contributed by atoms with van der Waals surface area (Å²) in [6, 6.07) is 21.8. The van der Waals surface area contributed by atoms with E-state index in [9.17, 15) is 13.2 Å². The van der Waals surface area contributed by atoms with Crippen LogP contribution in [0.3, 0.4) is 0 Å². The van der Waals surface area contributed by atoms with Crippen LogP contribution in [-0.2, 0) is 16.6 Å². The highest BCUT2D eigenvalue weighted by Crippen LogP contribution is 2.38. The van der Waals surface area contributed by atoms with Crippen molar-refractivity contribution in [2.75, 3.05) is 0 Å². The number of hydrogen-bond donors (Lipinski definition) is 0. The van der Waals surface area contributed by atoms with Gasteiger partial charge in [0.1, 0.15) is 0 Å². The largest absolute Gasteiger partial charge is 0.269 e. The number of carbonyl (C=O) groups excluding carboxylic acids is 1. The van der Waals surface area contributed by atoms with Gasteiger partial charge in [-0.05, 0) is 38.1 Å². The van der Waals surface area contributed by atoms with Gasteiger partial charge in [0.15, 0.2) is 0 Å². The number of sulfonamides is 1. The van der Waals surface area contributed by atoms with Gasteiger partial charge in [0.2, 0.25) is 0 Å². The molecule has 0 radical (unpaired) electrons. The molecule has 0 N–H and O–H groups in total. The minimum Gasteiger partial charge on any atom is -0.268 e. The van der Waals surface area contributed by atoms with E-state index in [1.54, 1.807) is 24.3 Å². The molecule has 0 atom stereocenters. The van der Waals surface area contributed by atoms with Crippen molar-refractivity contribution in [1.82, 2.24) is 9.29 Å². The Bertz CT molecular complexity index is 1440. The van der Waals surface area contributed by atoms with Crippen LogP contribution in [0.2, 0.25) is 0 Å². The third-order valence-electron chi connectivity index (χ3n) is 5.64. The molecule has 1 aliphatic heterocycles. The van der Waals surface area contributed by atoms with E-state index in [-0.39, 0.29) is 11.4 Å². The second-order valence-electron chi connectivity index (χ2n) is 7.83. The summed E-state index contributed by atoms with van der Waals surface area (Å²) in [5.74, 6) is -0.509. The van der Waals surface area contributed by atoms with E-state index < -0.39 is 15.9 Å². The highest BCUT2D eigenvalue weighted by Gasteiger charge is 2.40. The zero-order chi connectivity index (χ0) is 21.8. The molecular formula is C25H20N2O3S. The fourth-order valence-corrected chi connectivity index (χ4v) is 5.36. The number of rotatable bonds is 3. The molecule has 0 aliphatic carbocycles. The maximum Gasteiger partial charge on any atom is 0.269 e. The lowest BCUT2D eigenvalue weighted by Gasteiger charge is -2.16. The normalized spacial score (nSPS) is 13.6. The van der Waals surface area contributed by atoms with Gasteiger partial charge in [0.25, 0.3) is 15.9 Å². The van der Waals surface area contributed by atoms with Crippen LogP contribution >= 0.6 is 0 Å². The van der Waals surface area contributed by atoms with Gasteiger partial charge in [-0.15, -0.1) is 0 Å². The zero-order valence-electron chi connectivity index (χ0n) is 17.2. The number of hydrogen-bond acceptors (Lipinski definition) is 4. The van der Waals surface area contributed by atoms with Crippen LogP contribution in [0, 0.1) is 13.8 Å². The first-order valence-electron chi connectivity index (χ1n) is 9.98. The third kappa shape index (κ3) is 3.11. The molecule has 1 amide bonds. The summed E-state index contributed by atoms with van der Waals surface area (Å²) in [7, 11) is -3.99. The van der Waals surface area contributed by atoms with Crippen LogP contribution in [0.5, 0.6) is 0 Å². The third-order valence-corrected chi connectivity index (χ3v) is 7.38. The van der Waals surface area contributed by atoms with Crippen molar-refractivity contribution >= 4 is 26.8 Å². The quantitative estimate of drug-likeness (QED) is 0.467. The summed E-state index contributed by atoms with van der Waals surface area (Å²) in [5, 5.41) is 0.682. The highest BCUT2D eigenvalue weighted by molar-refractivity contribution is 7.89. The molecule has 0 bridgehead atoms. The van der Waals surface area contributed by atoms with Gasteiger partial charge >= 0.3 is 0 Å². The lowest BCUT2D eigenvalue weighted by Crippen LogP contribution is -2.31. The van der Waals surface area contributed by atoms with Crippen molar-refractivity contribution in [2.45, 2.75) is 25.3 Å². The van der Waals surface area contributed by atoms with Crippen LogP contribution in [0.15, 0.2) is 77.7 Å². The Morgan fingerprint density at radius 2 is 1.55 bits per heavy atom. The van der Waals surface area contributed by atoms with Crippen LogP contribution in [0.25, 0.3) is 22.2 Å². The molecule has 3 aromatic carbocycles. The molecule has 5 rings (SSSR count). The molecule has 2 heterocycles. The Morgan fingerprint density at radius 3 is 2.26 bits per heavy atom. The molecule has 0 spiro atoms. The van der Waals surface area contributed by atoms with Gasteiger partial charge in [-0.3, -0.25) is 4.79 Å². The number of aryl methyl sites for hydroxylation is 2. The average Bonchev–Trinajstić information content (AvgIpc) is 3.12. The fourth-order valence-electron chi connectivity index (χ4n) is 4.02. The van der Waals surface area contributed by atoms with Crippen LogP contribution in [0.4, 0.5) is 0 Å². The van der Waals surface area contributed by atoms with E-state index in [4.69, 9.17) is 4.98 Å². The van der Waals surface area contributed by atoms with E-state index >= 15 is 0 Å². The molecule has 0 fully saturated rings. The SMILES string of the molecule is Cc1ccc(S(=O)(=O)N2Cc3c(-c4ccccc4)nc4ccc(C)cc4c3C2=O)cc1. The summed E-state index contributed by atoms with van der Waals surface area (Å²) in [6.07, 6.45) is 0. The second-order valence-corrected chi connectivity index (χ2v) is 9.69. The van der Waals surface area contributed by atoms with Crippen molar-refractivity contribution in [3.63, 3.8) is 0 Å². The molecule has 6 heteroatoms. The number of aromatic nitrogens is 1. The van der Waals surface area contributed by atoms with E-state index in [1.165, 1.54) is 0 Å². The molecule has 0 unspecified atom stereocenters. The van der Waals surface area contributed by atoms with Crippen LogP contribution < -0.4 is 0 Å². The number of amides is 1. The highest BCUT2D eigenvalue weighted by atomic mass is 32.2. The molecule has 0 saturated carbocycles. The number of benzene rings is 3. The Kier molecular flexibility index (Phi) is 4.41. The first-order chi connectivity index (χ1) is 14.9. The van der Waals surface area contributed by atoms with Gasteiger partial charge in [-0.2, -0.15) is 0 Å². The van der Waals surface area contributed by atoms with E-state index in [0.29, 0.717) is 27.7 Å². The number of carbonyl (C=O) groups is 1. The molecule has 4 aromatic rings. The van der Waals surface area contributed by atoms with Crippen molar-refractivity contribution in [2.24, 2.45) is 0 Å². The number of pyridine rings is 1. The van der Waals surface area contributed by atoms with Crippen molar-refractivity contribution < 1.29 is 13.2 Å². The Labute approximate surface area is 181 Å². The predicted molar refractivity (Wildman–Crippen MR) is 120 cm³/mol. The molecule has 1 aliphatic rings. The van der Waals surface area contributed by atoms with Crippen LogP contribution in [0.1, 0.15) is 27.0 Å². The summed E-state index contributed by atoms with van der Waals surface area (Å²) < 4.78 is 27.7. The van der Waals surface area contributed by atoms with E-state index in [2.05, 4.69) is 0 Å². The lowest BCUT2D eigenvalue weighted by molar-refractivity contribution is 0.0880. The summed E-state index contributed by atoms with van der Waals surface area (Å²) >= 11 is 0. The minimum atomic E-state index is -3.99. The van der Waals surface area contributed by atoms with Crippen LogP contribution in [-0.4, -0.2) is 23.6 Å². The summed E-state index contributed by atoms with van der Waals surface area (Å²) in [5.41, 5.74) is 5.16. The van der Waals surface area contributed by atoms with Crippen molar-refractivity contribution in [3.8, 4) is 11.3 Å². The lowest BCUT2D eigenvalue weighted by atomic mass is 9.98. The molecule has 154 valence electrons. The standard InChI is InChI=1S/C25H20N2O3S/c1-16-8-11-19(12-9-16)31(29,30)27-15-21-23(25(27)28)20-14-17(2)10-13-22(20)26-24(21)18-6-4-3-5-7-18/h3-14H,15H2,1-2H3. The Balaban J connectivity index is 1.74. The van der Waals surface area contributed by atoms with Gasteiger partial charge in [-0.1, -0.05) is 59.7 Å². The summed E-state index contributed by atoms with van der Waals surface area (Å²) in [6.45, 7) is 3.79. The monoisotopic (exact) mass is 428 g/mol. The maximum absolute atomic E-state index is 13.5. The second kappa shape index (κ2) is 7.03. The van der Waals surface area contributed by atoms with Gasteiger partial charge in [0.05, 0.1) is 28.2 Å². The average molecular weight is 429 g/mol. The molecule has 1 aromatic heterocycles. The summed E-state index contributed by atoms with van der Waals surface area (Å²) in [4.78, 5) is 18.4. The van der Waals surface area contributed by atoms with Crippen molar-refractivity contribution in [3.05, 3.63) is 95.1 Å². The van der Waals surface area contributed by atoms with Gasteiger partial charge < -0.3 is 0 Å². The first kappa shape index (κ1) is 19.5. The van der Waals surface area contributed by atoms with E-state index in [0.717, 1.165) is 21.0 Å². The number of fused-ring (bicyclic) bond motifs is 3. The zero-order valence-corrected chi connectivity index (χ0v) is 18.0. The van der Waals surface area contributed by atoms with Crippen molar-refractivity contribution in [1.29, 1.82) is 0 Å². The fraction of sp³-hybridized carbons (Fsp3) is 0.120. The predicted octanol–water partition coefficient (Wildman–Crippen LogP) is 4.86. The van der Waals surface area contributed by atoms with Gasteiger partial charge in [0, 0.05) is 16.5 Å². The molecule has 0 saturated heterocycles. The minimum absolute atomic E-state index is 0.0362. The van der Waals surface area contributed by atoms with E-state index in [1.807, 2.05) is 62.4 Å². The number of nitrogens with zero attached hydrogens (tertiary/aromatic N) is 2. The molecule has 31 heavy (non-hydrogen) atoms. The molecule has 5 nitrogen and oxygen atoms in total.